The van der Waals surface area contributed by atoms with E-state index in [0.29, 0.717) is 0 Å². The Morgan fingerprint density at radius 1 is 1.29 bits per heavy atom. The Kier molecular flexibility index (Phi) is 2.38. The highest BCUT2D eigenvalue weighted by molar-refractivity contribution is 7.80. The first-order valence-corrected chi connectivity index (χ1v) is 4.96. The molecule has 1 heterocycles. The summed E-state index contributed by atoms with van der Waals surface area (Å²) in [6, 6.07) is 9.06. The molecule has 1 unspecified atom stereocenters. The van der Waals surface area contributed by atoms with Crippen LogP contribution in [0.5, 0.6) is 0 Å². The van der Waals surface area contributed by atoms with Gasteiger partial charge in [-0.3, -0.25) is 9.27 Å². The van der Waals surface area contributed by atoms with Gasteiger partial charge in [-0.25, -0.2) is 4.21 Å². The molecule has 0 aliphatic rings. The van der Waals surface area contributed by atoms with Crippen molar-refractivity contribution in [3.8, 4) is 0 Å². The van der Waals surface area contributed by atoms with E-state index in [1.54, 1.807) is 6.07 Å². The van der Waals surface area contributed by atoms with Crippen molar-refractivity contribution in [2.45, 2.75) is 0 Å². The lowest BCUT2D eigenvalue weighted by atomic mass is 10.2. The van der Waals surface area contributed by atoms with Crippen molar-refractivity contribution < 1.29 is 8.76 Å². The molecule has 0 saturated heterocycles. The van der Waals surface area contributed by atoms with Gasteiger partial charge in [0.15, 0.2) is 5.82 Å². The molecular formula is C8H7N3O2S. The Balaban J connectivity index is 2.46. The second-order valence-electron chi connectivity index (χ2n) is 2.64. The van der Waals surface area contributed by atoms with Gasteiger partial charge in [-0.2, -0.15) is 0 Å². The first-order chi connectivity index (χ1) is 6.75. The number of nitrogens with one attached hydrogen (secondary N) is 1. The fourth-order valence-corrected chi connectivity index (χ4v) is 1.40. The molecule has 2 aromatic rings. The maximum atomic E-state index is 10.4. The van der Waals surface area contributed by atoms with Crippen LogP contribution in [0.25, 0.3) is 10.9 Å². The van der Waals surface area contributed by atoms with Crippen molar-refractivity contribution in [2.24, 2.45) is 0 Å². The molecule has 0 radical (unpaired) electrons. The van der Waals surface area contributed by atoms with Crippen LogP contribution in [0.2, 0.25) is 0 Å². The zero-order valence-electron chi connectivity index (χ0n) is 7.04. The van der Waals surface area contributed by atoms with Gasteiger partial charge in [-0.1, -0.05) is 18.2 Å². The number of rotatable bonds is 2. The third-order valence-electron chi connectivity index (χ3n) is 1.69. The molecule has 5 nitrogen and oxygen atoms in total. The second-order valence-corrected chi connectivity index (χ2v) is 3.34. The minimum atomic E-state index is -2.11. The number of aromatic nitrogens is 2. The van der Waals surface area contributed by atoms with Crippen molar-refractivity contribution in [1.29, 1.82) is 0 Å². The van der Waals surface area contributed by atoms with Crippen LogP contribution in [0.3, 0.4) is 0 Å². The van der Waals surface area contributed by atoms with E-state index < -0.39 is 11.3 Å². The number of anilines is 1. The maximum absolute atomic E-state index is 10.4. The third-order valence-corrected chi connectivity index (χ3v) is 2.07. The maximum Gasteiger partial charge on any atom is 0.260 e. The summed E-state index contributed by atoms with van der Waals surface area (Å²) in [7, 11) is 0. The Morgan fingerprint density at radius 2 is 2.07 bits per heavy atom. The Hall–Kier alpha value is -1.53. The number of hydrogen-bond donors (Lipinski definition) is 2. The summed E-state index contributed by atoms with van der Waals surface area (Å²) in [5.74, 6) is 0.282. The average molecular weight is 209 g/mol. The summed E-state index contributed by atoms with van der Waals surface area (Å²) in [5, 5.41) is 8.48. The summed E-state index contributed by atoms with van der Waals surface area (Å²) in [6.07, 6.45) is 0. The number of fused-ring (bicyclic) bond motifs is 1. The smallest absolute Gasteiger partial charge is 0.260 e. The van der Waals surface area contributed by atoms with Crippen LogP contribution in [-0.4, -0.2) is 19.0 Å². The van der Waals surface area contributed by atoms with Crippen molar-refractivity contribution >= 4 is 28.0 Å². The minimum Gasteiger partial charge on any atom is -0.289 e. The van der Waals surface area contributed by atoms with E-state index in [-0.39, 0.29) is 5.82 Å². The molecule has 2 N–H and O–H groups in total. The van der Waals surface area contributed by atoms with Crippen LogP contribution in [0.1, 0.15) is 0 Å². The second kappa shape index (κ2) is 3.69. The Morgan fingerprint density at radius 3 is 2.86 bits per heavy atom. The fraction of sp³-hybridized carbons (Fsp3) is 0. The van der Waals surface area contributed by atoms with E-state index in [2.05, 4.69) is 14.9 Å². The summed E-state index contributed by atoms with van der Waals surface area (Å²) in [6.45, 7) is 0. The van der Waals surface area contributed by atoms with E-state index in [9.17, 15) is 4.21 Å². The summed E-state index contributed by atoms with van der Waals surface area (Å²) in [5.41, 5.74) is 0.752. The molecule has 2 rings (SSSR count). The quantitative estimate of drug-likeness (QED) is 0.728. The Bertz CT molecular complexity index is 489. The van der Waals surface area contributed by atoms with Gasteiger partial charge in [0.05, 0.1) is 5.52 Å². The van der Waals surface area contributed by atoms with E-state index in [0.717, 1.165) is 10.9 Å². The molecule has 6 heteroatoms. The molecule has 0 aliphatic carbocycles. The van der Waals surface area contributed by atoms with Gasteiger partial charge in [0.2, 0.25) is 0 Å². The van der Waals surface area contributed by atoms with Crippen molar-refractivity contribution in [1.82, 2.24) is 10.2 Å². The first kappa shape index (κ1) is 9.04. The first-order valence-electron chi connectivity index (χ1n) is 3.86. The SMILES string of the molecule is O=S(O)Nc1cc2ccccc2nn1. The predicted molar refractivity (Wildman–Crippen MR) is 53.9 cm³/mol. The predicted octanol–water partition coefficient (Wildman–Crippen LogP) is 1.18. The van der Waals surface area contributed by atoms with Crippen LogP contribution in [0, 0.1) is 0 Å². The number of hydrogen-bond acceptors (Lipinski definition) is 3. The van der Waals surface area contributed by atoms with Crippen molar-refractivity contribution in [3.05, 3.63) is 30.3 Å². The summed E-state index contributed by atoms with van der Waals surface area (Å²) >= 11 is -2.11. The molecule has 0 spiro atoms. The van der Waals surface area contributed by atoms with Gasteiger partial charge in [0, 0.05) is 5.39 Å². The molecule has 0 saturated carbocycles. The molecule has 0 bridgehead atoms. The van der Waals surface area contributed by atoms with Crippen LogP contribution in [-0.2, 0) is 11.3 Å². The number of nitrogens with zero attached hydrogens (tertiary/aromatic N) is 2. The van der Waals surface area contributed by atoms with Gasteiger partial charge in [-0.15, -0.1) is 10.2 Å². The zero-order chi connectivity index (χ0) is 9.97. The molecule has 1 atom stereocenters. The van der Waals surface area contributed by atoms with E-state index >= 15 is 0 Å². The van der Waals surface area contributed by atoms with E-state index in [4.69, 9.17) is 4.55 Å². The molecular weight excluding hydrogens is 202 g/mol. The van der Waals surface area contributed by atoms with Crippen LogP contribution < -0.4 is 4.72 Å². The van der Waals surface area contributed by atoms with Gasteiger partial charge in [0.1, 0.15) is 0 Å². The average Bonchev–Trinajstić information content (AvgIpc) is 2.17. The summed E-state index contributed by atoms with van der Waals surface area (Å²) in [4.78, 5) is 0. The highest BCUT2D eigenvalue weighted by atomic mass is 32.2. The summed E-state index contributed by atoms with van der Waals surface area (Å²) < 4.78 is 21.3. The Labute approximate surface area is 82.6 Å². The molecule has 0 fully saturated rings. The number of benzene rings is 1. The third kappa shape index (κ3) is 1.86. The molecule has 14 heavy (non-hydrogen) atoms. The standard InChI is InChI=1S/C8H7N3O2S/c12-14(13)11-8-5-6-3-1-2-4-7(6)9-10-8/h1-5H,(H,10,11)(H,12,13). The monoisotopic (exact) mass is 209 g/mol. The van der Waals surface area contributed by atoms with E-state index in [1.165, 1.54) is 0 Å². The van der Waals surface area contributed by atoms with Crippen molar-refractivity contribution in [3.63, 3.8) is 0 Å². The highest BCUT2D eigenvalue weighted by Crippen LogP contribution is 2.13. The van der Waals surface area contributed by atoms with Crippen molar-refractivity contribution in [2.75, 3.05) is 4.72 Å². The lowest BCUT2D eigenvalue weighted by Crippen LogP contribution is -2.04. The lowest BCUT2D eigenvalue weighted by molar-refractivity contribution is 0.570. The molecule has 1 aromatic heterocycles. The van der Waals surface area contributed by atoms with E-state index in [1.807, 2.05) is 24.3 Å². The fourth-order valence-electron chi connectivity index (χ4n) is 1.12. The minimum absolute atomic E-state index is 0.282. The van der Waals surface area contributed by atoms with Crippen LogP contribution >= 0.6 is 0 Å². The zero-order valence-corrected chi connectivity index (χ0v) is 7.86. The molecule has 1 aromatic carbocycles. The normalized spacial score (nSPS) is 12.6. The van der Waals surface area contributed by atoms with Gasteiger partial charge >= 0.3 is 0 Å². The molecule has 0 amide bonds. The van der Waals surface area contributed by atoms with Gasteiger partial charge < -0.3 is 0 Å². The molecule has 72 valence electrons. The van der Waals surface area contributed by atoms with Gasteiger partial charge in [-0.05, 0) is 12.1 Å². The highest BCUT2D eigenvalue weighted by Gasteiger charge is 1.99. The lowest BCUT2D eigenvalue weighted by Gasteiger charge is -2.00. The molecule has 0 aliphatic heterocycles. The van der Waals surface area contributed by atoms with Crippen LogP contribution in [0.15, 0.2) is 30.3 Å². The van der Waals surface area contributed by atoms with Gasteiger partial charge in [0.25, 0.3) is 11.3 Å². The largest absolute Gasteiger partial charge is 0.289 e. The van der Waals surface area contributed by atoms with Crippen LogP contribution in [0.4, 0.5) is 5.82 Å². The topological polar surface area (TPSA) is 75.1 Å².